The fourth-order valence-electron chi connectivity index (χ4n) is 1.90. The van der Waals surface area contributed by atoms with E-state index >= 15 is 0 Å². The molecule has 1 aromatic heterocycles. The second kappa shape index (κ2) is 5.62. The average molecular weight is 367 g/mol. The van der Waals surface area contributed by atoms with E-state index in [1.807, 2.05) is 6.07 Å². The normalized spacial score (nSPS) is 18.1. The summed E-state index contributed by atoms with van der Waals surface area (Å²) in [5.74, 6) is 6.33. The van der Waals surface area contributed by atoms with Crippen molar-refractivity contribution >= 4 is 49.0 Å². The Bertz CT molecular complexity index is 397. The summed E-state index contributed by atoms with van der Waals surface area (Å²) in [6, 6.07) is 2.46. The molecule has 0 aromatic carbocycles. The maximum absolute atomic E-state index is 5.55. The number of nitrogens with zero attached hydrogens (tertiary/aromatic N) is 1. The minimum Gasteiger partial charge on any atom is -0.308 e. The summed E-state index contributed by atoms with van der Waals surface area (Å²) in [4.78, 5) is 4.67. The molecule has 88 valence electrons. The summed E-state index contributed by atoms with van der Waals surface area (Å²) in [7, 11) is 0. The zero-order valence-corrected chi connectivity index (χ0v) is 12.7. The SMILES string of the molecule is NNC(=NC1CCCC1)c1cc(Br)sc1Br. The Hall–Kier alpha value is 0.0900. The average Bonchev–Trinajstić information content (AvgIpc) is 2.85. The summed E-state index contributed by atoms with van der Waals surface area (Å²) in [5.41, 5.74) is 3.74. The van der Waals surface area contributed by atoms with Crippen LogP contribution in [0.15, 0.2) is 18.6 Å². The Morgan fingerprint density at radius 1 is 1.44 bits per heavy atom. The predicted octanol–water partition coefficient (Wildman–Crippen LogP) is 3.43. The van der Waals surface area contributed by atoms with E-state index in [0.717, 1.165) is 19.0 Å². The molecule has 3 nitrogen and oxygen atoms in total. The van der Waals surface area contributed by atoms with Gasteiger partial charge in [-0.3, -0.25) is 4.99 Å². The number of hydrazine groups is 1. The third-order valence-electron chi connectivity index (χ3n) is 2.68. The molecule has 0 aliphatic heterocycles. The molecule has 0 spiro atoms. The highest BCUT2D eigenvalue weighted by Gasteiger charge is 2.17. The highest BCUT2D eigenvalue weighted by molar-refractivity contribution is 9.12. The van der Waals surface area contributed by atoms with E-state index in [2.05, 4.69) is 42.3 Å². The van der Waals surface area contributed by atoms with Crippen molar-refractivity contribution in [2.45, 2.75) is 31.7 Å². The lowest BCUT2D eigenvalue weighted by Gasteiger charge is -2.08. The van der Waals surface area contributed by atoms with Crippen molar-refractivity contribution in [1.82, 2.24) is 5.43 Å². The summed E-state index contributed by atoms with van der Waals surface area (Å²) < 4.78 is 2.12. The molecule has 2 rings (SSSR count). The molecular formula is C10H13Br2N3S. The molecule has 0 radical (unpaired) electrons. The first-order chi connectivity index (χ1) is 7.70. The number of thiophene rings is 1. The van der Waals surface area contributed by atoms with E-state index in [9.17, 15) is 0 Å². The van der Waals surface area contributed by atoms with E-state index in [0.29, 0.717) is 6.04 Å². The lowest BCUT2D eigenvalue weighted by molar-refractivity contribution is 0.701. The molecule has 0 saturated heterocycles. The van der Waals surface area contributed by atoms with Crippen molar-refractivity contribution in [3.05, 3.63) is 19.2 Å². The first-order valence-electron chi connectivity index (χ1n) is 5.20. The number of halogens is 2. The van der Waals surface area contributed by atoms with Gasteiger partial charge in [-0.15, -0.1) is 11.3 Å². The van der Waals surface area contributed by atoms with E-state index in [1.165, 1.54) is 25.7 Å². The van der Waals surface area contributed by atoms with Crippen LogP contribution < -0.4 is 11.3 Å². The molecule has 6 heteroatoms. The third-order valence-corrected chi connectivity index (χ3v) is 5.02. The molecule has 1 aromatic rings. The van der Waals surface area contributed by atoms with Gasteiger partial charge in [-0.05, 0) is 50.8 Å². The van der Waals surface area contributed by atoms with Crippen LogP contribution in [0.1, 0.15) is 31.2 Å². The highest BCUT2D eigenvalue weighted by Crippen LogP contribution is 2.32. The summed E-state index contributed by atoms with van der Waals surface area (Å²) in [6.45, 7) is 0. The van der Waals surface area contributed by atoms with Gasteiger partial charge in [0, 0.05) is 5.56 Å². The van der Waals surface area contributed by atoms with Crippen LogP contribution in [0.3, 0.4) is 0 Å². The number of hydrogen-bond donors (Lipinski definition) is 2. The van der Waals surface area contributed by atoms with Gasteiger partial charge < -0.3 is 5.43 Å². The van der Waals surface area contributed by atoms with Crippen molar-refractivity contribution in [3.63, 3.8) is 0 Å². The Morgan fingerprint density at radius 3 is 2.62 bits per heavy atom. The maximum Gasteiger partial charge on any atom is 0.144 e. The quantitative estimate of drug-likeness (QED) is 0.364. The number of nitrogens with one attached hydrogen (secondary N) is 1. The van der Waals surface area contributed by atoms with Crippen LogP contribution in [0, 0.1) is 0 Å². The van der Waals surface area contributed by atoms with Crippen LogP contribution in [-0.2, 0) is 0 Å². The topological polar surface area (TPSA) is 50.4 Å². The number of amidine groups is 1. The Morgan fingerprint density at radius 2 is 2.12 bits per heavy atom. The van der Waals surface area contributed by atoms with Crippen LogP contribution >= 0.6 is 43.2 Å². The van der Waals surface area contributed by atoms with Gasteiger partial charge in [0.05, 0.1) is 13.6 Å². The first kappa shape index (κ1) is 12.5. The second-order valence-corrected chi connectivity index (χ2v) is 7.55. The van der Waals surface area contributed by atoms with Crippen LogP contribution in [0.5, 0.6) is 0 Å². The number of rotatable bonds is 2. The molecule has 1 fully saturated rings. The fraction of sp³-hybridized carbons (Fsp3) is 0.500. The molecule has 1 aliphatic rings. The smallest absolute Gasteiger partial charge is 0.144 e. The lowest BCUT2D eigenvalue weighted by Crippen LogP contribution is -2.32. The molecule has 3 N–H and O–H groups in total. The minimum atomic E-state index is 0.427. The number of nitrogens with two attached hydrogens (primary N) is 1. The van der Waals surface area contributed by atoms with Gasteiger partial charge in [0.1, 0.15) is 5.84 Å². The monoisotopic (exact) mass is 365 g/mol. The molecule has 16 heavy (non-hydrogen) atoms. The predicted molar refractivity (Wildman–Crippen MR) is 75.8 cm³/mol. The number of aliphatic imine (C=N–C) groups is 1. The van der Waals surface area contributed by atoms with Crippen molar-refractivity contribution in [3.8, 4) is 0 Å². The van der Waals surface area contributed by atoms with E-state index in [4.69, 9.17) is 5.84 Å². The molecule has 0 atom stereocenters. The van der Waals surface area contributed by atoms with Gasteiger partial charge >= 0.3 is 0 Å². The number of hydrogen-bond acceptors (Lipinski definition) is 3. The molecule has 0 amide bonds. The maximum atomic E-state index is 5.55. The van der Waals surface area contributed by atoms with Gasteiger partial charge in [0.15, 0.2) is 0 Å². The summed E-state index contributed by atoms with van der Waals surface area (Å²) in [5, 5.41) is 0. The van der Waals surface area contributed by atoms with Crippen LogP contribution in [0.2, 0.25) is 0 Å². The van der Waals surface area contributed by atoms with Gasteiger partial charge in [-0.1, -0.05) is 12.8 Å². The van der Waals surface area contributed by atoms with Crippen molar-refractivity contribution in [1.29, 1.82) is 0 Å². The molecule has 0 bridgehead atoms. The zero-order valence-electron chi connectivity index (χ0n) is 8.67. The second-order valence-electron chi connectivity index (χ2n) is 3.80. The van der Waals surface area contributed by atoms with E-state index < -0.39 is 0 Å². The largest absolute Gasteiger partial charge is 0.308 e. The molecular weight excluding hydrogens is 354 g/mol. The molecule has 1 saturated carbocycles. The zero-order chi connectivity index (χ0) is 11.5. The lowest BCUT2D eigenvalue weighted by atomic mass is 10.2. The van der Waals surface area contributed by atoms with Gasteiger partial charge in [0.25, 0.3) is 0 Å². The Balaban J connectivity index is 2.24. The van der Waals surface area contributed by atoms with Crippen LogP contribution in [-0.4, -0.2) is 11.9 Å². The van der Waals surface area contributed by atoms with E-state index in [1.54, 1.807) is 11.3 Å². The highest BCUT2D eigenvalue weighted by atomic mass is 79.9. The van der Waals surface area contributed by atoms with E-state index in [-0.39, 0.29) is 0 Å². The third kappa shape index (κ3) is 2.85. The summed E-state index contributed by atoms with van der Waals surface area (Å²) in [6.07, 6.45) is 4.91. The molecule has 0 unspecified atom stereocenters. The van der Waals surface area contributed by atoms with Crippen LogP contribution in [0.4, 0.5) is 0 Å². The Labute approximate surface area is 116 Å². The van der Waals surface area contributed by atoms with Gasteiger partial charge in [-0.25, -0.2) is 5.84 Å². The molecule has 1 heterocycles. The van der Waals surface area contributed by atoms with Crippen molar-refractivity contribution in [2.75, 3.05) is 0 Å². The van der Waals surface area contributed by atoms with Crippen molar-refractivity contribution < 1.29 is 0 Å². The first-order valence-corrected chi connectivity index (χ1v) is 7.60. The fourth-order valence-corrected chi connectivity index (χ4v) is 4.71. The standard InChI is InChI=1S/C10H13Br2N3S/c11-8-5-7(9(12)16-8)10(15-13)14-6-3-1-2-4-6/h5-6H,1-4,13H2,(H,14,15). The molecule has 1 aliphatic carbocycles. The minimum absolute atomic E-state index is 0.427. The van der Waals surface area contributed by atoms with Gasteiger partial charge in [0.2, 0.25) is 0 Å². The Kier molecular flexibility index (Phi) is 4.41. The summed E-state index contributed by atoms with van der Waals surface area (Å²) >= 11 is 8.61. The van der Waals surface area contributed by atoms with Crippen LogP contribution in [0.25, 0.3) is 0 Å². The van der Waals surface area contributed by atoms with Gasteiger partial charge in [-0.2, -0.15) is 0 Å². The van der Waals surface area contributed by atoms with Crippen molar-refractivity contribution in [2.24, 2.45) is 10.8 Å².